The summed E-state index contributed by atoms with van der Waals surface area (Å²) in [6.45, 7) is 1.95. The first-order valence-electron chi connectivity index (χ1n) is 6.25. The van der Waals surface area contributed by atoms with Gasteiger partial charge in [-0.2, -0.15) is 9.40 Å². The average Bonchev–Trinajstić information content (AvgIpc) is 3.02. The molecule has 20 heavy (non-hydrogen) atoms. The number of benzene rings is 1. The zero-order chi connectivity index (χ0) is 14.3. The molecule has 1 aliphatic heterocycles. The van der Waals surface area contributed by atoms with Crippen molar-refractivity contribution in [2.75, 3.05) is 0 Å². The lowest BCUT2D eigenvalue weighted by Crippen LogP contribution is -2.26. The normalized spacial score (nSPS) is 15.5. The number of H-pyrrole nitrogens is 1. The molecule has 0 fully saturated rings. The van der Waals surface area contributed by atoms with E-state index in [-0.39, 0.29) is 10.6 Å². The Morgan fingerprint density at radius 1 is 1.30 bits per heavy atom. The Morgan fingerprint density at radius 2 is 1.90 bits per heavy atom. The van der Waals surface area contributed by atoms with Gasteiger partial charge in [-0.15, -0.1) is 0 Å². The molecule has 2 N–H and O–H groups in total. The van der Waals surface area contributed by atoms with Crippen LogP contribution in [0.2, 0.25) is 0 Å². The van der Waals surface area contributed by atoms with Crippen molar-refractivity contribution in [3.63, 3.8) is 0 Å². The summed E-state index contributed by atoms with van der Waals surface area (Å²) in [6.07, 6.45) is 0. The van der Waals surface area contributed by atoms with Gasteiger partial charge >= 0.3 is 0 Å². The molecule has 2 heterocycles. The number of nitrogens with zero attached hydrogens (tertiary/aromatic N) is 2. The standard InChI is InChI=1S/C13H15N3O3S/c1-9-13(12(8-17)15-14-9)20(18,19)16-6-10-4-2-3-5-11(10)7-16/h2-5,17H,6-8H2,1H3,(H,14,15). The van der Waals surface area contributed by atoms with Crippen molar-refractivity contribution in [3.05, 3.63) is 46.8 Å². The van der Waals surface area contributed by atoms with Crippen LogP contribution in [0.15, 0.2) is 29.2 Å². The highest BCUT2D eigenvalue weighted by molar-refractivity contribution is 7.89. The number of aliphatic hydroxyl groups excluding tert-OH is 1. The summed E-state index contributed by atoms with van der Waals surface area (Å²) in [5.41, 5.74) is 2.65. The highest BCUT2D eigenvalue weighted by Crippen LogP contribution is 2.30. The van der Waals surface area contributed by atoms with Crippen LogP contribution >= 0.6 is 0 Å². The maximum absolute atomic E-state index is 12.7. The van der Waals surface area contributed by atoms with Crippen LogP contribution in [0.3, 0.4) is 0 Å². The average molecular weight is 293 g/mol. The monoisotopic (exact) mass is 293 g/mol. The molecular weight excluding hydrogens is 278 g/mol. The number of fused-ring (bicyclic) bond motifs is 1. The van der Waals surface area contributed by atoms with Gasteiger partial charge < -0.3 is 5.11 Å². The number of sulfonamides is 1. The fourth-order valence-corrected chi connectivity index (χ4v) is 4.24. The van der Waals surface area contributed by atoms with Crippen LogP contribution < -0.4 is 0 Å². The lowest BCUT2D eigenvalue weighted by molar-refractivity contribution is 0.273. The van der Waals surface area contributed by atoms with Crippen LogP contribution in [0.1, 0.15) is 22.5 Å². The summed E-state index contributed by atoms with van der Waals surface area (Å²) < 4.78 is 26.9. The van der Waals surface area contributed by atoms with E-state index in [1.54, 1.807) is 6.92 Å². The van der Waals surface area contributed by atoms with Crippen molar-refractivity contribution < 1.29 is 13.5 Å². The summed E-state index contributed by atoms with van der Waals surface area (Å²) in [5.74, 6) is 0. The van der Waals surface area contributed by atoms with Gasteiger partial charge in [0.25, 0.3) is 0 Å². The molecule has 0 unspecified atom stereocenters. The second-order valence-corrected chi connectivity index (χ2v) is 6.70. The molecule has 1 aromatic heterocycles. The number of aliphatic hydroxyl groups is 1. The minimum atomic E-state index is -3.66. The van der Waals surface area contributed by atoms with Crippen molar-refractivity contribution in [1.82, 2.24) is 14.5 Å². The van der Waals surface area contributed by atoms with E-state index < -0.39 is 16.6 Å². The van der Waals surface area contributed by atoms with Gasteiger partial charge in [0.1, 0.15) is 10.6 Å². The molecular formula is C13H15N3O3S. The lowest BCUT2D eigenvalue weighted by atomic mass is 10.1. The van der Waals surface area contributed by atoms with Crippen LogP contribution in [0, 0.1) is 6.92 Å². The van der Waals surface area contributed by atoms with Crippen LogP contribution in [0.5, 0.6) is 0 Å². The smallest absolute Gasteiger partial charge is 0.247 e. The van der Waals surface area contributed by atoms with E-state index in [4.69, 9.17) is 0 Å². The van der Waals surface area contributed by atoms with Crippen LogP contribution in [0.25, 0.3) is 0 Å². The van der Waals surface area contributed by atoms with Crippen LogP contribution in [-0.4, -0.2) is 28.0 Å². The van der Waals surface area contributed by atoms with Crippen molar-refractivity contribution in [2.45, 2.75) is 31.5 Å². The molecule has 1 aliphatic rings. The number of hydrogen-bond donors (Lipinski definition) is 2. The highest BCUT2D eigenvalue weighted by Gasteiger charge is 2.34. The summed E-state index contributed by atoms with van der Waals surface area (Å²) in [7, 11) is -3.66. The Balaban J connectivity index is 2.01. The van der Waals surface area contributed by atoms with Gasteiger partial charge in [-0.3, -0.25) is 5.10 Å². The summed E-state index contributed by atoms with van der Waals surface area (Å²) in [5, 5.41) is 15.7. The molecule has 0 bridgehead atoms. The molecule has 0 radical (unpaired) electrons. The van der Waals surface area contributed by atoms with Crippen molar-refractivity contribution in [3.8, 4) is 0 Å². The minimum Gasteiger partial charge on any atom is -0.390 e. The van der Waals surface area contributed by atoms with Crippen molar-refractivity contribution >= 4 is 10.0 Å². The molecule has 1 aromatic carbocycles. The molecule has 0 atom stereocenters. The molecule has 7 heteroatoms. The van der Waals surface area contributed by atoms with E-state index in [0.717, 1.165) is 11.1 Å². The Labute approximate surface area is 117 Å². The topological polar surface area (TPSA) is 86.3 Å². The zero-order valence-corrected chi connectivity index (χ0v) is 11.8. The SMILES string of the molecule is Cc1[nH]nc(CO)c1S(=O)(=O)N1Cc2ccccc2C1. The second-order valence-electron chi connectivity index (χ2n) is 4.82. The predicted molar refractivity (Wildman–Crippen MR) is 72.1 cm³/mol. The molecule has 2 aromatic rings. The Bertz CT molecular complexity index is 727. The van der Waals surface area contributed by atoms with E-state index in [0.29, 0.717) is 18.8 Å². The second kappa shape index (κ2) is 4.69. The van der Waals surface area contributed by atoms with E-state index >= 15 is 0 Å². The predicted octanol–water partition coefficient (Wildman–Crippen LogP) is 0.915. The van der Waals surface area contributed by atoms with Gasteiger partial charge in [-0.1, -0.05) is 24.3 Å². The number of nitrogens with one attached hydrogen (secondary N) is 1. The van der Waals surface area contributed by atoms with Crippen LogP contribution in [0.4, 0.5) is 0 Å². The van der Waals surface area contributed by atoms with Gasteiger partial charge in [0, 0.05) is 13.1 Å². The molecule has 0 spiro atoms. The highest BCUT2D eigenvalue weighted by atomic mass is 32.2. The van der Waals surface area contributed by atoms with Gasteiger partial charge in [-0.05, 0) is 18.1 Å². The Kier molecular flexibility index (Phi) is 3.12. The minimum absolute atomic E-state index is 0.0906. The van der Waals surface area contributed by atoms with E-state index in [1.165, 1.54) is 4.31 Å². The molecule has 6 nitrogen and oxygen atoms in total. The third kappa shape index (κ3) is 1.94. The Morgan fingerprint density at radius 3 is 2.45 bits per heavy atom. The fourth-order valence-electron chi connectivity index (χ4n) is 2.52. The van der Waals surface area contributed by atoms with Crippen LogP contribution in [-0.2, 0) is 29.7 Å². The maximum Gasteiger partial charge on any atom is 0.247 e. The van der Waals surface area contributed by atoms with Gasteiger partial charge in [0.15, 0.2) is 0 Å². The lowest BCUT2D eigenvalue weighted by Gasteiger charge is -2.15. The summed E-state index contributed by atoms with van der Waals surface area (Å²) >= 11 is 0. The third-order valence-corrected chi connectivity index (χ3v) is 5.52. The summed E-state index contributed by atoms with van der Waals surface area (Å²) in [4.78, 5) is 0.0906. The first-order valence-corrected chi connectivity index (χ1v) is 7.69. The molecule has 0 aliphatic carbocycles. The number of rotatable bonds is 3. The molecule has 106 valence electrons. The molecule has 0 saturated carbocycles. The summed E-state index contributed by atoms with van der Waals surface area (Å²) in [6, 6.07) is 7.66. The fraction of sp³-hybridized carbons (Fsp3) is 0.308. The van der Waals surface area contributed by atoms with Gasteiger partial charge in [0.2, 0.25) is 10.0 Å². The first-order chi connectivity index (χ1) is 9.54. The number of hydrogen-bond acceptors (Lipinski definition) is 4. The van der Waals surface area contributed by atoms with E-state index in [1.807, 2.05) is 24.3 Å². The van der Waals surface area contributed by atoms with Crippen molar-refractivity contribution in [1.29, 1.82) is 0 Å². The van der Waals surface area contributed by atoms with Gasteiger partial charge in [-0.25, -0.2) is 8.42 Å². The third-order valence-electron chi connectivity index (χ3n) is 3.52. The van der Waals surface area contributed by atoms with Gasteiger partial charge in [0.05, 0.1) is 12.3 Å². The van der Waals surface area contributed by atoms with Crippen molar-refractivity contribution in [2.24, 2.45) is 0 Å². The number of aromatic nitrogens is 2. The number of aromatic amines is 1. The first kappa shape index (κ1) is 13.3. The quantitative estimate of drug-likeness (QED) is 0.881. The van der Waals surface area contributed by atoms with E-state index in [9.17, 15) is 13.5 Å². The molecule has 0 saturated heterocycles. The zero-order valence-electron chi connectivity index (χ0n) is 11.0. The largest absolute Gasteiger partial charge is 0.390 e. The maximum atomic E-state index is 12.7. The molecule has 3 rings (SSSR count). The van der Waals surface area contributed by atoms with E-state index in [2.05, 4.69) is 10.2 Å². The number of aryl methyl sites for hydroxylation is 1. The molecule has 0 amide bonds. The Hall–Kier alpha value is -1.70.